The molecule has 204 valence electrons. The second-order valence-corrected chi connectivity index (χ2v) is 11.9. The Hall–Kier alpha value is -3.52. The third-order valence-corrected chi connectivity index (χ3v) is 8.77. The van der Waals surface area contributed by atoms with E-state index in [0.29, 0.717) is 48.6 Å². The lowest BCUT2D eigenvalue weighted by molar-refractivity contribution is -0.135. The number of carbonyl (C=O) groups is 2. The average Bonchev–Trinajstić information content (AvgIpc) is 3.42. The number of thiophene rings is 1. The number of carbonyl (C=O) groups excluding carboxylic acids is 2. The first kappa shape index (κ1) is 25.7. The Balaban J connectivity index is 1.19. The third kappa shape index (κ3) is 5.62. The molecule has 3 aliphatic rings. The normalized spacial score (nSPS) is 17.7. The first-order valence-electron chi connectivity index (χ1n) is 13.7. The van der Waals surface area contributed by atoms with Crippen molar-refractivity contribution in [2.45, 2.75) is 45.1 Å². The van der Waals surface area contributed by atoms with Crippen LogP contribution in [0.25, 0.3) is 0 Å². The Morgan fingerprint density at radius 3 is 2.64 bits per heavy atom. The van der Waals surface area contributed by atoms with Crippen molar-refractivity contribution in [2.24, 2.45) is 5.92 Å². The predicted molar refractivity (Wildman–Crippen MR) is 150 cm³/mol. The smallest absolute Gasteiger partial charge is 0.254 e. The van der Waals surface area contributed by atoms with E-state index in [1.807, 2.05) is 17.0 Å². The maximum atomic E-state index is 13.8. The molecule has 2 aromatic carbocycles. The van der Waals surface area contributed by atoms with Gasteiger partial charge in [0, 0.05) is 23.5 Å². The molecular weight excluding hydrogens is 512 g/mol. The van der Waals surface area contributed by atoms with Gasteiger partial charge in [-0.3, -0.25) is 9.59 Å². The quantitative estimate of drug-likeness (QED) is 0.347. The second-order valence-electron chi connectivity index (χ2n) is 10.9. The molecule has 7 nitrogen and oxygen atoms in total. The summed E-state index contributed by atoms with van der Waals surface area (Å²) >= 11 is 1.73. The number of nitrogens with zero attached hydrogens (tertiary/aromatic N) is 2. The molecule has 0 N–H and O–H groups in total. The SMILES string of the molecule is CC(C)c1ccc(OCC2c3ccsc3CCN2C(=O)CN(CC2CC2)C(=O)c2ccc3c(c2)OCO3)cc1. The van der Waals surface area contributed by atoms with Gasteiger partial charge in [-0.15, -0.1) is 11.3 Å². The highest BCUT2D eigenvalue weighted by Gasteiger charge is 2.35. The number of ether oxygens (including phenoxy) is 3. The molecular formula is C31H34N2O5S. The van der Waals surface area contributed by atoms with Crippen molar-refractivity contribution in [3.63, 3.8) is 0 Å². The fourth-order valence-electron chi connectivity index (χ4n) is 5.30. The fourth-order valence-corrected chi connectivity index (χ4v) is 6.22. The molecule has 1 aliphatic carbocycles. The van der Waals surface area contributed by atoms with E-state index in [2.05, 4.69) is 37.4 Å². The highest BCUT2D eigenvalue weighted by atomic mass is 32.1. The van der Waals surface area contributed by atoms with E-state index in [9.17, 15) is 9.59 Å². The molecule has 1 saturated carbocycles. The Labute approximate surface area is 233 Å². The fraction of sp³-hybridized carbons (Fsp3) is 0.419. The molecule has 3 aromatic rings. The van der Waals surface area contributed by atoms with E-state index in [1.165, 1.54) is 10.4 Å². The molecule has 1 unspecified atom stereocenters. The molecule has 0 saturated heterocycles. The molecule has 2 amide bonds. The minimum absolute atomic E-state index is 0.0445. The highest BCUT2D eigenvalue weighted by molar-refractivity contribution is 7.10. The summed E-state index contributed by atoms with van der Waals surface area (Å²) in [7, 11) is 0. The first-order chi connectivity index (χ1) is 19.0. The molecule has 6 rings (SSSR count). The van der Waals surface area contributed by atoms with E-state index >= 15 is 0 Å². The lowest BCUT2D eigenvalue weighted by atomic mass is 10.00. The van der Waals surface area contributed by atoms with Crippen molar-refractivity contribution in [1.82, 2.24) is 9.80 Å². The van der Waals surface area contributed by atoms with Gasteiger partial charge in [0.25, 0.3) is 5.91 Å². The van der Waals surface area contributed by atoms with E-state index in [1.54, 1.807) is 34.4 Å². The van der Waals surface area contributed by atoms with Crippen molar-refractivity contribution in [3.8, 4) is 17.2 Å². The molecule has 1 aromatic heterocycles. The van der Waals surface area contributed by atoms with Gasteiger partial charge in [0.15, 0.2) is 11.5 Å². The maximum Gasteiger partial charge on any atom is 0.254 e. The van der Waals surface area contributed by atoms with Crippen LogP contribution in [0.5, 0.6) is 17.2 Å². The lowest BCUT2D eigenvalue weighted by Crippen LogP contribution is -2.48. The van der Waals surface area contributed by atoms with Gasteiger partial charge in [-0.25, -0.2) is 0 Å². The van der Waals surface area contributed by atoms with E-state index in [-0.39, 0.29) is 31.2 Å². The zero-order valence-corrected chi connectivity index (χ0v) is 23.2. The predicted octanol–water partition coefficient (Wildman–Crippen LogP) is 5.66. The van der Waals surface area contributed by atoms with Gasteiger partial charge in [-0.2, -0.15) is 0 Å². The molecule has 0 bridgehead atoms. The second kappa shape index (κ2) is 10.9. The van der Waals surface area contributed by atoms with Gasteiger partial charge in [-0.05, 0) is 84.0 Å². The van der Waals surface area contributed by atoms with Gasteiger partial charge in [-0.1, -0.05) is 26.0 Å². The molecule has 3 heterocycles. The minimum Gasteiger partial charge on any atom is -0.491 e. The number of amides is 2. The van der Waals surface area contributed by atoms with Crippen LogP contribution in [0.3, 0.4) is 0 Å². The summed E-state index contributed by atoms with van der Waals surface area (Å²) in [4.78, 5) is 32.3. The van der Waals surface area contributed by atoms with E-state index in [4.69, 9.17) is 14.2 Å². The summed E-state index contributed by atoms with van der Waals surface area (Å²) in [5.74, 6) is 2.70. The summed E-state index contributed by atoms with van der Waals surface area (Å²) in [5, 5.41) is 2.09. The van der Waals surface area contributed by atoms with Crippen molar-refractivity contribution in [2.75, 3.05) is 33.0 Å². The van der Waals surface area contributed by atoms with E-state index in [0.717, 1.165) is 30.6 Å². The zero-order chi connectivity index (χ0) is 26.9. The van der Waals surface area contributed by atoms with Gasteiger partial charge >= 0.3 is 0 Å². The average molecular weight is 547 g/mol. The third-order valence-electron chi connectivity index (χ3n) is 7.78. The molecule has 1 fully saturated rings. The van der Waals surface area contributed by atoms with Crippen molar-refractivity contribution >= 4 is 23.2 Å². The molecule has 8 heteroatoms. The Morgan fingerprint density at radius 2 is 1.87 bits per heavy atom. The van der Waals surface area contributed by atoms with Crippen molar-refractivity contribution < 1.29 is 23.8 Å². The van der Waals surface area contributed by atoms with Gasteiger partial charge in [0.2, 0.25) is 12.7 Å². The Kier molecular flexibility index (Phi) is 7.21. The Bertz CT molecular complexity index is 1350. The van der Waals surface area contributed by atoms with Gasteiger partial charge < -0.3 is 24.0 Å². The standard InChI is InChI=1S/C31H34N2O5S/c1-20(2)22-5-8-24(9-6-22)36-18-26-25-12-14-39-29(25)11-13-33(26)30(34)17-32(16-21-3-4-21)31(35)23-7-10-27-28(15-23)38-19-37-27/h5-10,12,14-15,20-21,26H,3-4,11,13,16-19H2,1-2H3. The topological polar surface area (TPSA) is 68.3 Å². The summed E-state index contributed by atoms with van der Waals surface area (Å²) in [6, 6.07) is 15.3. The first-order valence-corrected chi connectivity index (χ1v) is 14.6. The number of hydrogen-bond donors (Lipinski definition) is 0. The van der Waals surface area contributed by atoms with Gasteiger partial charge in [0.05, 0.1) is 6.04 Å². The molecule has 2 aliphatic heterocycles. The van der Waals surface area contributed by atoms with Crippen LogP contribution in [0, 0.1) is 5.92 Å². The summed E-state index contributed by atoms with van der Waals surface area (Å²) in [6.07, 6.45) is 3.00. The van der Waals surface area contributed by atoms with Gasteiger partial charge in [0.1, 0.15) is 18.9 Å². The lowest BCUT2D eigenvalue weighted by Gasteiger charge is -2.37. The van der Waals surface area contributed by atoms with Crippen LogP contribution in [-0.4, -0.2) is 54.6 Å². The largest absolute Gasteiger partial charge is 0.491 e. The van der Waals surface area contributed by atoms with Crippen LogP contribution in [0.4, 0.5) is 0 Å². The zero-order valence-electron chi connectivity index (χ0n) is 22.4. The molecule has 39 heavy (non-hydrogen) atoms. The van der Waals surface area contributed by atoms with Crippen LogP contribution in [0.15, 0.2) is 53.9 Å². The van der Waals surface area contributed by atoms with Crippen LogP contribution in [0.2, 0.25) is 0 Å². The van der Waals surface area contributed by atoms with Crippen molar-refractivity contribution in [3.05, 3.63) is 75.5 Å². The minimum atomic E-state index is -0.194. The number of fused-ring (bicyclic) bond motifs is 2. The highest BCUT2D eigenvalue weighted by Crippen LogP contribution is 2.36. The molecule has 1 atom stereocenters. The summed E-state index contributed by atoms with van der Waals surface area (Å²) < 4.78 is 17.1. The van der Waals surface area contributed by atoms with E-state index < -0.39 is 0 Å². The van der Waals surface area contributed by atoms with Crippen LogP contribution >= 0.6 is 11.3 Å². The van der Waals surface area contributed by atoms with Crippen LogP contribution < -0.4 is 14.2 Å². The number of benzene rings is 2. The monoisotopic (exact) mass is 546 g/mol. The Morgan fingerprint density at radius 1 is 1.08 bits per heavy atom. The number of hydrogen-bond acceptors (Lipinski definition) is 6. The summed E-state index contributed by atoms with van der Waals surface area (Å²) in [5.41, 5.74) is 2.92. The molecule has 0 spiro atoms. The van der Waals surface area contributed by atoms with Crippen molar-refractivity contribution in [1.29, 1.82) is 0 Å². The maximum absolute atomic E-state index is 13.8. The summed E-state index contributed by atoms with van der Waals surface area (Å²) in [6.45, 7) is 6.11. The van der Waals surface area contributed by atoms with Crippen LogP contribution in [0.1, 0.15) is 65.0 Å². The molecule has 0 radical (unpaired) electrons. The number of rotatable bonds is 9. The van der Waals surface area contributed by atoms with Crippen LogP contribution in [-0.2, 0) is 11.2 Å².